The first-order chi connectivity index (χ1) is 6.65. The number of nitrogens with two attached hydrogens (primary N) is 1. The highest BCUT2D eigenvalue weighted by Gasteiger charge is 2.04. The second-order valence-corrected chi connectivity index (χ2v) is 4.33. The lowest BCUT2D eigenvalue weighted by molar-refractivity contribution is 0.343. The van der Waals surface area contributed by atoms with Gasteiger partial charge in [-0.3, -0.25) is 0 Å². The topological polar surface area (TPSA) is 35.2 Å². The van der Waals surface area contributed by atoms with Crippen LogP contribution in [0.5, 0.6) is 5.75 Å². The van der Waals surface area contributed by atoms with Gasteiger partial charge in [0.05, 0.1) is 12.3 Å². The predicted molar refractivity (Wildman–Crippen MR) is 64.2 cm³/mol. The molecule has 3 heteroatoms. The molecule has 0 bridgehead atoms. The summed E-state index contributed by atoms with van der Waals surface area (Å²) in [6.07, 6.45) is 2.06. The Morgan fingerprint density at radius 1 is 1.36 bits per heavy atom. The Hall–Kier alpha value is -0.830. The van der Waals surface area contributed by atoms with Gasteiger partial charge in [0.2, 0.25) is 0 Å². The highest BCUT2D eigenvalue weighted by atomic mass is 32.2. The second kappa shape index (κ2) is 5.15. The van der Waals surface area contributed by atoms with Crippen molar-refractivity contribution in [1.29, 1.82) is 0 Å². The van der Waals surface area contributed by atoms with Crippen LogP contribution in [0.25, 0.3) is 0 Å². The van der Waals surface area contributed by atoms with Crippen LogP contribution in [-0.4, -0.2) is 18.6 Å². The number of hydrogen-bond acceptors (Lipinski definition) is 3. The van der Waals surface area contributed by atoms with Gasteiger partial charge in [-0.25, -0.2) is 0 Å². The third-order valence-electron chi connectivity index (χ3n) is 1.98. The molecule has 0 unspecified atom stereocenters. The van der Waals surface area contributed by atoms with Gasteiger partial charge in [0.15, 0.2) is 0 Å². The monoisotopic (exact) mass is 211 g/mol. The molecule has 0 spiro atoms. The normalized spacial score (nSPS) is 10.2. The summed E-state index contributed by atoms with van der Waals surface area (Å²) in [7, 11) is 0. The summed E-state index contributed by atoms with van der Waals surface area (Å²) in [5.74, 6) is 1.83. The van der Waals surface area contributed by atoms with Crippen LogP contribution in [0.1, 0.15) is 11.1 Å². The van der Waals surface area contributed by atoms with Gasteiger partial charge in [0.1, 0.15) is 5.75 Å². The molecule has 1 aromatic carbocycles. The maximum absolute atomic E-state index is 5.87. The molecule has 2 nitrogen and oxygen atoms in total. The number of thioether (sulfide) groups is 1. The largest absolute Gasteiger partial charge is 0.490 e. The van der Waals surface area contributed by atoms with E-state index in [9.17, 15) is 0 Å². The predicted octanol–water partition coefficient (Wildman–Crippen LogP) is 2.63. The number of nitrogen functional groups attached to an aromatic ring is 1. The van der Waals surface area contributed by atoms with Crippen LogP contribution < -0.4 is 10.5 Å². The second-order valence-electron chi connectivity index (χ2n) is 3.34. The van der Waals surface area contributed by atoms with Crippen molar-refractivity contribution in [3.8, 4) is 5.75 Å². The molecule has 0 aliphatic carbocycles. The molecule has 14 heavy (non-hydrogen) atoms. The fourth-order valence-corrected chi connectivity index (χ4v) is 1.66. The van der Waals surface area contributed by atoms with Crippen molar-refractivity contribution in [2.24, 2.45) is 0 Å². The third kappa shape index (κ3) is 2.84. The first-order valence-corrected chi connectivity index (χ1v) is 6.03. The van der Waals surface area contributed by atoms with Crippen LogP contribution in [0, 0.1) is 13.8 Å². The van der Waals surface area contributed by atoms with Gasteiger partial charge < -0.3 is 10.5 Å². The van der Waals surface area contributed by atoms with Gasteiger partial charge in [-0.15, -0.1) is 0 Å². The fraction of sp³-hybridized carbons (Fsp3) is 0.455. The van der Waals surface area contributed by atoms with E-state index in [1.807, 2.05) is 19.9 Å². The molecule has 0 aliphatic rings. The Morgan fingerprint density at radius 3 is 2.64 bits per heavy atom. The lowest BCUT2D eigenvalue weighted by atomic mass is 10.1. The maximum atomic E-state index is 5.87. The van der Waals surface area contributed by atoms with Crippen molar-refractivity contribution >= 4 is 17.4 Å². The molecule has 0 heterocycles. The Kier molecular flexibility index (Phi) is 4.14. The van der Waals surface area contributed by atoms with E-state index in [0.29, 0.717) is 0 Å². The molecule has 0 radical (unpaired) electrons. The number of benzene rings is 1. The molecule has 1 aromatic rings. The summed E-state index contributed by atoms with van der Waals surface area (Å²) in [5.41, 5.74) is 8.90. The summed E-state index contributed by atoms with van der Waals surface area (Å²) < 4.78 is 5.62. The molecule has 0 fully saturated rings. The Balaban J connectivity index is 2.75. The zero-order valence-electron chi connectivity index (χ0n) is 8.96. The lowest BCUT2D eigenvalue weighted by Gasteiger charge is -2.12. The minimum absolute atomic E-state index is 0.718. The van der Waals surface area contributed by atoms with Crippen LogP contribution in [0.15, 0.2) is 12.1 Å². The molecule has 2 N–H and O–H groups in total. The number of hydrogen-bond donors (Lipinski definition) is 1. The number of anilines is 1. The molecule has 0 atom stereocenters. The summed E-state index contributed by atoms with van der Waals surface area (Å²) in [6.45, 7) is 4.78. The van der Waals surface area contributed by atoms with Crippen LogP contribution in [0.4, 0.5) is 5.69 Å². The van der Waals surface area contributed by atoms with E-state index in [1.54, 1.807) is 11.8 Å². The molecule has 0 aliphatic heterocycles. The molecule has 0 saturated heterocycles. The van der Waals surface area contributed by atoms with Crippen molar-refractivity contribution in [2.75, 3.05) is 24.3 Å². The molecule has 0 aromatic heterocycles. The SMILES string of the molecule is CSCCOc1c(C)cc(C)cc1N. The number of aryl methyl sites for hydroxylation is 2. The van der Waals surface area contributed by atoms with E-state index < -0.39 is 0 Å². The smallest absolute Gasteiger partial charge is 0.145 e. The van der Waals surface area contributed by atoms with Crippen molar-refractivity contribution < 1.29 is 4.74 Å². The van der Waals surface area contributed by atoms with Crippen molar-refractivity contribution in [1.82, 2.24) is 0 Å². The van der Waals surface area contributed by atoms with E-state index in [0.717, 1.165) is 29.4 Å². The minimum atomic E-state index is 0.718. The van der Waals surface area contributed by atoms with E-state index >= 15 is 0 Å². The highest BCUT2D eigenvalue weighted by molar-refractivity contribution is 7.98. The van der Waals surface area contributed by atoms with E-state index in [4.69, 9.17) is 10.5 Å². The first kappa shape index (κ1) is 11.2. The van der Waals surface area contributed by atoms with Crippen LogP contribution in [0.3, 0.4) is 0 Å². The zero-order valence-corrected chi connectivity index (χ0v) is 9.78. The highest BCUT2D eigenvalue weighted by Crippen LogP contribution is 2.27. The van der Waals surface area contributed by atoms with Gasteiger partial charge in [-0.05, 0) is 37.3 Å². The average Bonchev–Trinajstić information content (AvgIpc) is 2.09. The van der Waals surface area contributed by atoms with Gasteiger partial charge >= 0.3 is 0 Å². The van der Waals surface area contributed by atoms with Gasteiger partial charge in [0.25, 0.3) is 0 Å². The maximum Gasteiger partial charge on any atom is 0.145 e. The molecular formula is C11H17NOS. The van der Waals surface area contributed by atoms with Gasteiger partial charge in [-0.1, -0.05) is 6.07 Å². The summed E-state index contributed by atoms with van der Waals surface area (Å²) in [4.78, 5) is 0. The summed E-state index contributed by atoms with van der Waals surface area (Å²) in [5, 5.41) is 0. The standard InChI is InChI=1S/C11H17NOS/c1-8-6-9(2)11(10(12)7-8)13-4-5-14-3/h6-7H,4-5,12H2,1-3H3. The molecule has 1 rings (SSSR count). The Bertz CT molecular complexity index is 289. The molecular weight excluding hydrogens is 194 g/mol. The summed E-state index contributed by atoms with van der Waals surface area (Å²) >= 11 is 1.77. The van der Waals surface area contributed by atoms with E-state index in [2.05, 4.69) is 12.3 Å². The molecule has 0 saturated carbocycles. The fourth-order valence-electron chi connectivity index (χ4n) is 1.41. The van der Waals surface area contributed by atoms with Crippen LogP contribution in [0.2, 0.25) is 0 Å². The van der Waals surface area contributed by atoms with Gasteiger partial charge in [-0.2, -0.15) is 11.8 Å². The lowest BCUT2D eigenvalue weighted by Crippen LogP contribution is -2.04. The van der Waals surface area contributed by atoms with Crippen LogP contribution >= 0.6 is 11.8 Å². The Morgan fingerprint density at radius 2 is 2.07 bits per heavy atom. The molecule has 0 amide bonds. The quantitative estimate of drug-likeness (QED) is 0.614. The number of ether oxygens (including phenoxy) is 1. The molecule has 78 valence electrons. The van der Waals surface area contributed by atoms with Crippen molar-refractivity contribution in [3.63, 3.8) is 0 Å². The average molecular weight is 211 g/mol. The van der Waals surface area contributed by atoms with E-state index in [1.165, 1.54) is 5.56 Å². The van der Waals surface area contributed by atoms with Crippen molar-refractivity contribution in [3.05, 3.63) is 23.3 Å². The van der Waals surface area contributed by atoms with Crippen LogP contribution in [-0.2, 0) is 0 Å². The third-order valence-corrected chi connectivity index (χ3v) is 2.56. The zero-order chi connectivity index (χ0) is 10.6. The van der Waals surface area contributed by atoms with Crippen molar-refractivity contribution in [2.45, 2.75) is 13.8 Å². The minimum Gasteiger partial charge on any atom is -0.490 e. The first-order valence-electron chi connectivity index (χ1n) is 4.63. The van der Waals surface area contributed by atoms with Gasteiger partial charge in [0, 0.05) is 5.75 Å². The van der Waals surface area contributed by atoms with E-state index in [-0.39, 0.29) is 0 Å². The Labute approximate surface area is 89.8 Å². The number of rotatable bonds is 4. The summed E-state index contributed by atoms with van der Waals surface area (Å²) in [6, 6.07) is 4.03.